The second-order valence-corrected chi connectivity index (χ2v) is 6.23. The fourth-order valence-corrected chi connectivity index (χ4v) is 3.32. The summed E-state index contributed by atoms with van der Waals surface area (Å²) in [6.45, 7) is 3.06. The van der Waals surface area contributed by atoms with E-state index in [4.69, 9.17) is 4.74 Å². The van der Waals surface area contributed by atoms with Crippen LogP contribution in [0.4, 0.5) is 5.69 Å². The van der Waals surface area contributed by atoms with Gasteiger partial charge in [0.05, 0.1) is 4.92 Å². The van der Waals surface area contributed by atoms with Crippen LogP contribution in [-0.2, 0) is 10.3 Å². The van der Waals surface area contributed by atoms with Gasteiger partial charge >= 0.3 is 5.97 Å². The van der Waals surface area contributed by atoms with Gasteiger partial charge in [0, 0.05) is 18.4 Å². The van der Waals surface area contributed by atoms with Crippen LogP contribution in [0.1, 0.15) is 34.3 Å². The number of hydrogen-bond acceptors (Lipinski definition) is 5. The minimum Gasteiger partial charge on any atom is -0.450 e. The van der Waals surface area contributed by atoms with Gasteiger partial charge in [0.15, 0.2) is 0 Å². The summed E-state index contributed by atoms with van der Waals surface area (Å²) in [6, 6.07) is 14.3. The fraction of sp³-hybridized carbons (Fsp3) is 0.316. The monoisotopic (exact) mass is 340 g/mol. The van der Waals surface area contributed by atoms with E-state index in [0.29, 0.717) is 18.4 Å². The molecule has 0 aromatic heterocycles. The third-order valence-corrected chi connectivity index (χ3v) is 4.64. The Balaban J connectivity index is 1.98. The smallest absolute Gasteiger partial charge is 0.346 e. The van der Waals surface area contributed by atoms with Crippen molar-refractivity contribution in [2.75, 3.05) is 13.1 Å². The zero-order chi connectivity index (χ0) is 17.9. The first-order valence-electron chi connectivity index (χ1n) is 8.27. The van der Waals surface area contributed by atoms with Gasteiger partial charge in [-0.05, 0) is 31.6 Å². The van der Waals surface area contributed by atoms with Crippen molar-refractivity contribution in [1.29, 1.82) is 0 Å². The first-order valence-corrected chi connectivity index (χ1v) is 8.27. The molecule has 1 aliphatic rings. The van der Waals surface area contributed by atoms with E-state index in [2.05, 4.69) is 5.32 Å². The molecular formula is C19H20N2O4. The molecule has 25 heavy (non-hydrogen) atoms. The van der Waals surface area contributed by atoms with Crippen molar-refractivity contribution in [3.63, 3.8) is 0 Å². The Morgan fingerprint density at radius 3 is 2.44 bits per heavy atom. The number of carbonyl (C=O) groups is 1. The van der Waals surface area contributed by atoms with Crippen molar-refractivity contribution < 1.29 is 14.5 Å². The largest absolute Gasteiger partial charge is 0.450 e. The van der Waals surface area contributed by atoms with Crippen molar-refractivity contribution in [3.05, 3.63) is 75.3 Å². The van der Waals surface area contributed by atoms with Gasteiger partial charge in [-0.3, -0.25) is 10.1 Å². The molecule has 6 nitrogen and oxygen atoms in total. The van der Waals surface area contributed by atoms with Gasteiger partial charge in [-0.25, -0.2) is 4.79 Å². The summed E-state index contributed by atoms with van der Waals surface area (Å²) in [5.41, 5.74) is 0.406. The molecule has 0 spiro atoms. The molecule has 2 aromatic carbocycles. The maximum absolute atomic E-state index is 12.8. The lowest BCUT2D eigenvalue weighted by Crippen LogP contribution is -2.43. The highest BCUT2D eigenvalue weighted by Crippen LogP contribution is 2.36. The van der Waals surface area contributed by atoms with Gasteiger partial charge in [-0.2, -0.15) is 0 Å². The van der Waals surface area contributed by atoms with E-state index in [9.17, 15) is 14.9 Å². The first kappa shape index (κ1) is 17.1. The zero-order valence-electron chi connectivity index (χ0n) is 14.0. The van der Waals surface area contributed by atoms with Crippen LogP contribution in [-0.4, -0.2) is 24.0 Å². The molecule has 0 bridgehead atoms. The van der Waals surface area contributed by atoms with Crippen molar-refractivity contribution in [2.24, 2.45) is 0 Å². The van der Waals surface area contributed by atoms with Gasteiger partial charge in [0.25, 0.3) is 5.69 Å². The molecule has 1 N–H and O–H groups in total. The summed E-state index contributed by atoms with van der Waals surface area (Å²) in [5, 5.41) is 14.6. The maximum Gasteiger partial charge on any atom is 0.346 e. The molecule has 3 rings (SSSR count). The Bertz CT molecular complexity index is 783. The topological polar surface area (TPSA) is 81.5 Å². The maximum atomic E-state index is 12.8. The Kier molecular flexibility index (Phi) is 4.81. The van der Waals surface area contributed by atoms with Crippen LogP contribution >= 0.6 is 0 Å². The predicted molar refractivity (Wildman–Crippen MR) is 93.5 cm³/mol. The van der Waals surface area contributed by atoms with E-state index in [1.54, 1.807) is 19.1 Å². The lowest BCUT2D eigenvalue weighted by Gasteiger charge is -2.37. The third kappa shape index (κ3) is 3.39. The number of nitrogens with one attached hydrogen (secondary N) is 1. The Morgan fingerprint density at radius 1 is 1.12 bits per heavy atom. The van der Waals surface area contributed by atoms with Crippen LogP contribution in [0.3, 0.4) is 0 Å². The average molecular weight is 340 g/mol. The van der Waals surface area contributed by atoms with E-state index in [0.717, 1.165) is 18.7 Å². The molecule has 1 heterocycles. The number of para-hydroxylation sites is 1. The van der Waals surface area contributed by atoms with E-state index in [1.807, 2.05) is 30.3 Å². The molecule has 130 valence electrons. The summed E-state index contributed by atoms with van der Waals surface area (Å²) in [5.74, 6) is -0.652. The van der Waals surface area contributed by atoms with Crippen molar-refractivity contribution in [3.8, 4) is 0 Å². The van der Waals surface area contributed by atoms with Crippen LogP contribution in [0.5, 0.6) is 0 Å². The van der Waals surface area contributed by atoms with Crippen LogP contribution in [0.2, 0.25) is 0 Å². The molecule has 1 fully saturated rings. The van der Waals surface area contributed by atoms with Crippen LogP contribution < -0.4 is 5.32 Å². The molecule has 1 saturated heterocycles. The minimum atomic E-state index is -0.763. The van der Waals surface area contributed by atoms with E-state index >= 15 is 0 Å². The number of nitro groups is 1. The average Bonchev–Trinajstić information content (AvgIpc) is 2.62. The van der Waals surface area contributed by atoms with Crippen LogP contribution in [0.15, 0.2) is 48.5 Å². The van der Waals surface area contributed by atoms with Crippen molar-refractivity contribution in [2.45, 2.75) is 25.4 Å². The number of nitrogens with zero attached hydrogens (tertiary/aromatic N) is 1. The number of carbonyl (C=O) groups excluding carboxylic acids is 1. The van der Waals surface area contributed by atoms with E-state index in [1.165, 1.54) is 6.07 Å². The quantitative estimate of drug-likeness (QED) is 0.524. The van der Waals surface area contributed by atoms with Gasteiger partial charge < -0.3 is 10.1 Å². The number of rotatable bonds is 4. The van der Waals surface area contributed by atoms with Gasteiger partial charge in [0.1, 0.15) is 11.2 Å². The number of piperidine rings is 1. The second kappa shape index (κ2) is 7.03. The zero-order valence-corrected chi connectivity index (χ0v) is 14.0. The lowest BCUT2D eigenvalue weighted by molar-refractivity contribution is -0.385. The molecule has 0 radical (unpaired) electrons. The SMILES string of the molecule is Cc1cccc(C(=O)OC2(c3ccccc3)CCNCC2)c1[N+](=O)[O-]. The normalized spacial score (nSPS) is 16.2. The second-order valence-electron chi connectivity index (χ2n) is 6.23. The molecule has 2 aromatic rings. The first-order chi connectivity index (χ1) is 12.0. The Morgan fingerprint density at radius 2 is 1.80 bits per heavy atom. The highest BCUT2D eigenvalue weighted by molar-refractivity contribution is 5.94. The molecule has 0 unspecified atom stereocenters. The van der Waals surface area contributed by atoms with Crippen molar-refractivity contribution >= 4 is 11.7 Å². The fourth-order valence-electron chi connectivity index (χ4n) is 3.32. The number of benzene rings is 2. The van der Waals surface area contributed by atoms with Gasteiger partial charge in [0.2, 0.25) is 0 Å². The lowest BCUT2D eigenvalue weighted by atomic mass is 9.84. The number of aryl methyl sites for hydroxylation is 1. The number of esters is 1. The van der Waals surface area contributed by atoms with E-state index < -0.39 is 16.5 Å². The summed E-state index contributed by atoms with van der Waals surface area (Å²) < 4.78 is 5.91. The predicted octanol–water partition coefficient (Wildman–Crippen LogP) is 3.34. The summed E-state index contributed by atoms with van der Waals surface area (Å²) in [4.78, 5) is 23.7. The molecule has 0 saturated carbocycles. The Labute approximate surface area is 146 Å². The summed E-state index contributed by atoms with van der Waals surface area (Å²) in [7, 11) is 0. The number of ether oxygens (including phenoxy) is 1. The molecule has 0 atom stereocenters. The number of nitro benzene ring substituents is 1. The summed E-state index contributed by atoms with van der Waals surface area (Å²) in [6.07, 6.45) is 1.25. The Hall–Kier alpha value is -2.73. The standard InChI is InChI=1S/C19H20N2O4/c1-14-6-5-9-16(17(14)21(23)24)18(22)25-19(10-12-20-13-11-19)15-7-3-2-4-8-15/h2-9,20H,10-13H2,1H3. The molecule has 1 aliphatic heterocycles. The minimum absolute atomic E-state index is 0.00108. The van der Waals surface area contributed by atoms with Gasteiger partial charge in [-0.1, -0.05) is 42.5 Å². The number of hydrogen-bond donors (Lipinski definition) is 1. The molecule has 0 amide bonds. The van der Waals surface area contributed by atoms with Crippen molar-refractivity contribution in [1.82, 2.24) is 5.32 Å². The highest BCUT2D eigenvalue weighted by atomic mass is 16.6. The van der Waals surface area contributed by atoms with Gasteiger partial charge in [-0.15, -0.1) is 0 Å². The molecule has 6 heteroatoms. The molecule has 0 aliphatic carbocycles. The van der Waals surface area contributed by atoms with E-state index in [-0.39, 0.29) is 11.3 Å². The molecular weight excluding hydrogens is 320 g/mol. The third-order valence-electron chi connectivity index (χ3n) is 4.64. The van der Waals surface area contributed by atoms with Crippen LogP contribution in [0, 0.1) is 17.0 Å². The summed E-state index contributed by atoms with van der Waals surface area (Å²) >= 11 is 0. The highest BCUT2D eigenvalue weighted by Gasteiger charge is 2.39. The van der Waals surface area contributed by atoms with Crippen LogP contribution in [0.25, 0.3) is 0 Å².